The zero-order valence-electron chi connectivity index (χ0n) is 36.8. The summed E-state index contributed by atoms with van der Waals surface area (Å²) in [6.07, 6.45) is 55.2. The van der Waals surface area contributed by atoms with Gasteiger partial charge in [-0.3, -0.25) is 13.8 Å². The molecule has 0 aromatic rings. The summed E-state index contributed by atoms with van der Waals surface area (Å²) < 4.78 is 33.5. The van der Waals surface area contributed by atoms with Crippen molar-refractivity contribution >= 4 is 13.8 Å². The molecule has 57 heavy (non-hydrogen) atoms. The van der Waals surface area contributed by atoms with Crippen LogP contribution in [0.3, 0.4) is 0 Å². The van der Waals surface area contributed by atoms with E-state index in [4.69, 9.17) is 24.3 Å². The van der Waals surface area contributed by atoms with Crippen molar-refractivity contribution in [1.29, 1.82) is 0 Å². The smallest absolute Gasteiger partial charge is 0.457 e. The molecule has 0 aliphatic rings. The van der Waals surface area contributed by atoms with Crippen LogP contribution in [0.2, 0.25) is 0 Å². The summed E-state index contributed by atoms with van der Waals surface area (Å²) in [7, 11) is -4.29. The first-order valence-electron chi connectivity index (χ1n) is 23.3. The number of unbranched alkanes of at least 4 members (excludes halogenated alkanes) is 21. The Morgan fingerprint density at radius 2 is 0.930 bits per heavy atom. The zero-order chi connectivity index (χ0) is 41.6. The van der Waals surface area contributed by atoms with Crippen LogP contribution >= 0.6 is 7.82 Å². The second-order valence-electron chi connectivity index (χ2n) is 15.3. The summed E-state index contributed by atoms with van der Waals surface area (Å²) in [4.78, 5) is 22.5. The van der Waals surface area contributed by atoms with Crippen LogP contribution in [-0.4, -0.2) is 49.9 Å². The first-order valence-corrected chi connectivity index (χ1v) is 24.8. The second kappa shape index (κ2) is 45.3. The van der Waals surface area contributed by atoms with Gasteiger partial charge in [0.1, 0.15) is 6.10 Å². The molecule has 0 spiro atoms. The molecule has 0 radical (unpaired) electrons. The lowest BCUT2D eigenvalue weighted by Gasteiger charge is -2.20. The third-order valence-electron chi connectivity index (χ3n) is 9.66. The van der Waals surface area contributed by atoms with E-state index in [0.29, 0.717) is 13.0 Å². The fraction of sp³-hybridized carbons (Fsp3) is 0.771. The molecule has 3 N–H and O–H groups in total. The van der Waals surface area contributed by atoms with Crippen molar-refractivity contribution in [3.63, 3.8) is 0 Å². The summed E-state index contributed by atoms with van der Waals surface area (Å²) >= 11 is 0. The van der Waals surface area contributed by atoms with E-state index in [2.05, 4.69) is 74.6 Å². The van der Waals surface area contributed by atoms with Crippen molar-refractivity contribution in [3.8, 4) is 0 Å². The number of phosphoric ester groups is 1. The maximum atomic E-state index is 12.6. The van der Waals surface area contributed by atoms with E-state index in [1.165, 1.54) is 116 Å². The summed E-state index contributed by atoms with van der Waals surface area (Å²) in [5.41, 5.74) is 5.38. The van der Waals surface area contributed by atoms with Crippen molar-refractivity contribution < 1.29 is 32.8 Å². The lowest BCUT2D eigenvalue weighted by Crippen LogP contribution is -2.28. The summed E-state index contributed by atoms with van der Waals surface area (Å²) in [5, 5.41) is 0. The fourth-order valence-electron chi connectivity index (χ4n) is 6.21. The maximum absolute atomic E-state index is 12.6. The second-order valence-corrected chi connectivity index (χ2v) is 16.7. The standard InChI is InChI=1S/C48H88NO7P/c1-3-5-7-9-11-13-15-17-19-21-23-25-27-29-31-33-35-37-39-41-48(50)56-47(46-55-57(51,52)54-44-42-49)45-53-43-40-38-36-34-32-30-28-26-24-22-20-18-16-14-12-10-8-6-4-2/h11,13-14,16-17,19-20,22-23,25,47H,3-10,12,15,18,21,24,26-46,49H2,1-2H3,(H,51,52)/b13-11-,16-14-,19-17-,22-20-,25-23-. The normalized spacial score (nSPS) is 14.0. The lowest BCUT2D eigenvalue weighted by molar-refractivity contribution is -0.154. The minimum absolute atomic E-state index is 0.0945. The quantitative estimate of drug-likeness (QED) is 0.0270. The van der Waals surface area contributed by atoms with Crippen molar-refractivity contribution in [2.45, 2.75) is 206 Å². The number of nitrogens with two attached hydrogens (primary N) is 1. The first kappa shape index (κ1) is 55.2. The number of hydrogen-bond acceptors (Lipinski definition) is 7. The molecule has 0 aliphatic heterocycles. The van der Waals surface area contributed by atoms with Crippen LogP contribution in [0.15, 0.2) is 60.8 Å². The van der Waals surface area contributed by atoms with Gasteiger partial charge in [0.15, 0.2) is 0 Å². The summed E-state index contributed by atoms with van der Waals surface area (Å²) in [6, 6.07) is 0. The number of phosphoric acid groups is 1. The molecule has 9 heteroatoms. The first-order chi connectivity index (χ1) is 27.9. The number of rotatable bonds is 44. The van der Waals surface area contributed by atoms with Gasteiger partial charge in [0.25, 0.3) is 0 Å². The highest BCUT2D eigenvalue weighted by Crippen LogP contribution is 2.43. The third-order valence-corrected chi connectivity index (χ3v) is 10.6. The number of carbonyl (C=O) groups is 1. The SMILES string of the molecule is CCCCC/C=C\C/C=C\C/C=C\CCCCCCCCC(=O)OC(COCCCCCCCCCC/C=C\C/C=C\CCCCCC)COP(=O)(O)OCCN. The Morgan fingerprint density at radius 3 is 1.42 bits per heavy atom. The van der Waals surface area contributed by atoms with Crippen molar-refractivity contribution in [2.24, 2.45) is 5.73 Å². The van der Waals surface area contributed by atoms with E-state index in [1.807, 2.05) is 0 Å². The minimum atomic E-state index is -4.29. The predicted octanol–water partition coefficient (Wildman–Crippen LogP) is 14.1. The molecule has 0 saturated heterocycles. The van der Waals surface area contributed by atoms with Crippen LogP contribution in [-0.2, 0) is 27.9 Å². The van der Waals surface area contributed by atoms with E-state index in [-0.39, 0.29) is 32.3 Å². The lowest BCUT2D eigenvalue weighted by atomic mass is 10.1. The van der Waals surface area contributed by atoms with E-state index >= 15 is 0 Å². The molecule has 8 nitrogen and oxygen atoms in total. The number of carbonyl (C=O) groups excluding carboxylic acids is 1. The minimum Gasteiger partial charge on any atom is -0.457 e. The summed E-state index contributed by atoms with van der Waals surface area (Å²) in [5.74, 6) is -0.346. The molecule has 0 heterocycles. The summed E-state index contributed by atoms with van der Waals surface area (Å²) in [6.45, 7) is 4.85. The Labute approximate surface area is 351 Å². The molecule has 0 aliphatic carbocycles. The van der Waals surface area contributed by atoms with Gasteiger partial charge in [-0.15, -0.1) is 0 Å². The van der Waals surface area contributed by atoms with Crippen LogP contribution in [0, 0.1) is 0 Å². The topological polar surface area (TPSA) is 117 Å². The Bertz CT molecular complexity index is 1060. The number of esters is 1. The van der Waals surface area contributed by atoms with Gasteiger partial charge in [0, 0.05) is 19.6 Å². The highest BCUT2D eigenvalue weighted by molar-refractivity contribution is 7.47. The Morgan fingerprint density at radius 1 is 0.526 bits per heavy atom. The van der Waals surface area contributed by atoms with Crippen molar-refractivity contribution in [2.75, 3.05) is 33.0 Å². The average Bonchev–Trinajstić information content (AvgIpc) is 3.20. The molecular weight excluding hydrogens is 734 g/mol. The van der Waals surface area contributed by atoms with Gasteiger partial charge in [-0.25, -0.2) is 4.57 Å². The molecule has 0 rings (SSSR count). The number of ether oxygens (including phenoxy) is 2. The van der Waals surface area contributed by atoms with Crippen LogP contribution < -0.4 is 5.73 Å². The van der Waals surface area contributed by atoms with Crippen molar-refractivity contribution in [1.82, 2.24) is 0 Å². The molecule has 2 unspecified atom stereocenters. The highest BCUT2D eigenvalue weighted by Gasteiger charge is 2.25. The van der Waals surface area contributed by atoms with E-state index in [0.717, 1.165) is 64.2 Å². The van der Waals surface area contributed by atoms with Gasteiger partial charge in [-0.05, 0) is 83.5 Å². The van der Waals surface area contributed by atoms with E-state index < -0.39 is 13.9 Å². The molecule has 0 amide bonds. The molecule has 0 fully saturated rings. The molecular formula is C48H88NO7P. The van der Waals surface area contributed by atoms with E-state index in [9.17, 15) is 14.3 Å². The van der Waals surface area contributed by atoms with Gasteiger partial charge in [-0.2, -0.15) is 0 Å². The highest BCUT2D eigenvalue weighted by atomic mass is 31.2. The van der Waals surface area contributed by atoms with Crippen LogP contribution in [0.25, 0.3) is 0 Å². The molecule has 0 aromatic carbocycles. The van der Waals surface area contributed by atoms with Crippen LogP contribution in [0.1, 0.15) is 200 Å². The van der Waals surface area contributed by atoms with Crippen molar-refractivity contribution in [3.05, 3.63) is 60.8 Å². The molecule has 0 bridgehead atoms. The Balaban J connectivity index is 4.05. The van der Waals surface area contributed by atoms with Gasteiger partial charge >= 0.3 is 13.8 Å². The average molecular weight is 822 g/mol. The number of hydrogen-bond donors (Lipinski definition) is 2. The third kappa shape index (κ3) is 45.1. The maximum Gasteiger partial charge on any atom is 0.472 e. The van der Waals surface area contributed by atoms with Gasteiger partial charge < -0.3 is 20.1 Å². The molecule has 2 atom stereocenters. The number of allylic oxidation sites excluding steroid dienone is 10. The largest absolute Gasteiger partial charge is 0.472 e. The predicted molar refractivity (Wildman–Crippen MR) is 242 cm³/mol. The molecule has 0 saturated carbocycles. The zero-order valence-corrected chi connectivity index (χ0v) is 37.7. The Hall–Kier alpha value is -1.80. The van der Waals surface area contributed by atoms with Gasteiger partial charge in [0.2, 0.25) is 0 Å². The van der Waals surface area contributed by atoms with Crippen LogP contribution in [0.5, 0.6) is 0 Å². The fourth-order valence-corrected chi connectivity index (χ4v) is 6.97. The Kier molecular flexibility index (Phi) is 43.9. The molecule has 332 valence electrons. The van der Waals surface area contributed by atoms with E-state index in [1.54, 1.807) is 0 Å². The van der Waals surface area contributed by atoms with Gasteiger partial charge in [0.05, 0.1) is 19.8 Å². The van der Waals surface area contributed by atoms with Gasteiger partial charge in [-0.1, -0.05) is 171 Å². The monoisotopic (exact) mass is 822 g/mol. The van der Waals surface area contributed by atoms with Crippen LogP contribution in [0.4, 0.5) is 0 Å². The molecule has 0 aromatic heterocycles.